The van der Waals surface area contributed by atoms with Crippen LogP contribution < -0.4 is 10.1 Å². The minimum absolute atomic E-state index is 0.250. The largest absolute Gasteiger partial charge is 0.489 e. The highest BCUT2D eigenvalue weighted by Crippen LogP contribution is 2.35. The molecule has 6 rings (SSSR count). The van der Waals surface area contributed by atoms with Gasteiger partial charge in [-0.25, -0.2) is 28.1 Å². The Morgan fingerprint density at radius 1 is 1.10 bits per heavy atom. The van der Waals surface area contributed by atoms with Crippen molar-refractivity contribution in [3.05, 3.63) is 49.2 Å². The fourth-order valence-corrected chi connectivity index (χ4v) is 5.84. The summed E-state index contributed by atoms with van der Waals surface area (Å²) in [5.41, 5.74) is 1.13. The van der Waals surface area contributed by atoms with Gasteiger partial charge < -0.3 is 15.2 Å². The Hall–Kier alpha value is -3.98. The lowest BCUT2D eigenvalue weighted by Gasteiger charge is -2.17. The van der Waals surface area contributed by atoms with Gasteiger partial charge in [-0.2, -0.15) is 23.1 Å². The van der Waals surface area contributed by atoms with E-state index in [-0.39, 0.29) is 17.6 Å². The van der Waals surface area contributed by atoms with Crippen LogP contribution in [0, 0.1) is 0 Å². The fraction of sp³-hybridized carbons (Fsp3) is 0.375. The van der Waals surface area contributed by atoms with Crippen molar-refractivity contribution in [3.8, 4) is 28.4 Å². The van der Waals surface area contributed by atoms with E-state index in [1.807, 2.05) is 0 Å². The number of ether oxygens (including phenoxy) is 1. The molecule has 0 spiro atoms. The molecule has 4 aromatic heterocycles. The van der Waals surface area contributed by atoms with Crippen molar-refractivity contribution in [1.82, 2.24) is 33.9 Å². The number of aliphatic hydroxyl groups is 1. The summed E-state index contributed by atoms with van der Waals surface area (Å²) in [4.78, 5) is 13.1. The lowest BCUT2D eigenvalue weighted by Crippen LogP contribution is -2.17. The van der Waals surface area contributed by atoms with Gasteiger partial charge >= 0.3 is 6.55 Å². The first kappa shape index (κ1) is 25.3. The zero-order valence-corrected chi connectivity index (χ0v) is 21.2. The van der Waals surface area contributed by atoms with E-state index < -0.39 is 27.9 Å². The quantitative estimate of drug-likeness (QED) is 0.313. The molecule has 2 unspecified atom stereocenters. The summed E-state index contributed by atoms with van der Waals surface area (Å²) in [5.74, 6) is 1.37. The van der Waals surface area contributed by atoms with E-state index in [0.717, 1.165) is 4.09 Å². The Labute approximate surface area is 221 Å². The van der Waals surface area contributed by atoms with E-state index in [9.17, 15) is 22.3 Å². The highest BCUT2D eigenvalue weighted by molar-refractivity contribution is 7.90. The minimum atomic E-state index is -3.51. The van der Waals surface area contributed by atoms with E-state index in [1.165, 1.54) is 37.1 Å². The predicted octanol–water partition coefficient (Wildman–Crippen LogP) is 3.37. The second-order valence-electron chi connectivity index (χ2n) is 9.47. The molecule has 4 heterocycles. The molecule has 0 aliphatic heterocycles. The Balaban J connectivity index is 1.27. The van der Waals surface area contributed by atoms with Crippen LogP contribution in [0.4, 0.5) is 20.4 Å². The molecule has 0 amide bonds. The number of halogens is 2. The van der Waals surface area contributed by atoms with Crippen LogP contribution in [0.3, 0.4) is 0 Å². The molecule has 15 heteroatoms. The maximum Gasteiger partial charge on any atom is 0.333 e. The molecular formula is C24H24F2N8O4S. The van der Waals surface area contributed by atoms with Crippen LogP contribution in [0.2, 0.25) is 0 Å². The number of anilines is 2. The molecular weight excluding hydrogens is 534 g/mol. The summed E-state index contributed by atoms with van der Waals surface area (Å²) in [6, 6.07) is 4.68. The number of hydrogen-bond acceptors (Lipinski definition) is 10. The van der Waals surface area contributed by atoms with E-state index in [2.05, 4.69) is 30.5 Å². The lowest BCUT2D eigenvalue weighted by atomic mass is 10.2. The van der Waals surface area contributed by atoms with Crippen LogP contribution >= 0.6 is 0 Å². The van der Waals surface area contributed by atoms with E-state index >= 15 is 0 Å². The molecule has 2 N–H and O–H groups in total. The maximum atomic E-state index is 13.1. The van der Waals surface area contributed by atoms with Gasteiger partial charge in [-0.3, -0.25) is 0 Å². The van der Waals surface area contributed by atoms with Crippen molar-refractivity contribution in [1.29, 1.82) is 0 Å². The molecule has 12 nitrogen and oxygen atoms in total. The van der Waals surface area contributed by atoms with Crippen LogP contribution in [0.1, 0.15) is 38.7 Å². The summed E-state index contributed by atoms with van der Waals surface area (Å²) < 4.78 is 58.8. The van der Waals surface area contributed by atoms with Crippen molar-refractivity contribution < 1.29 is 27.0 Å². The van der Waals surface area contributed by atoms with E-state index in [1.54, 1.807) is 12.1 Å². The molecule has 0 bridgehead atoms. The zero-order valence-electron chi connectivity index (χ0n) is 20.4. The Morgan fingerprint density at radius 3 is 2.67 bits per heavy atom. The second-order valence-corrected chi connectivity index (χ2v) is 11.5. The van der Waals surface area contributed by atoms with Crippen LogP contribution in [-0.2, 0) is 10.0 Å². The van der Waals surface area contributed by atoms with Gasteiger partial charge in [0.15, 0.2) is 5.82 Å². The first-order chi connectivity index (χ1) is 18.8. The third-order valence-corrected chi connectivity index (χ3v) is 8.57. The molecule has 2 aliphatic rings. The first-order valence-corrected chi connectivity index (χ1v) is 13.8. The van der Waals surface area contributed by atoms with Crippen molar-refractivity contribution in [2.75, 3.05) is 5.32 Å². The molecule has 2 saturated carbocycles. The van der Waals surface area contributed by atoms with Crippen LogP contribution in [-0.4, -0.2) is 64.9 Å². The number of nitrogens with one attached hydrogen (secondary N) is 1. The van der Waals surface area contributed by atoms with E-state index in [0.29, 0.717) is 65.3 Å². The first-order valence-electron chi connectivity index (χ1n) is 12.3. The second kappa shape index (κ2) is 9.96. The third kappa shape index (κ3) is 5.31. The zero-order chi connectivity index (χ0) is 27.1. The SMILES string of the molecule is O=S(=O)(C1CC1)n1cc(-c2nccc(Nc3cc(OC4CCC(O)C4)c(-c4ccn(C(F)F)n4)cn3)n2)cn1. The number of hydrogen-bond donors (Lipinski definition) is 2. The molecule has 39 heavy (non-hydrogen) atoms. The average molecular weight is 559 g/mol. The van der Waals surface area contributed by atoms with Gasteiger partial charge in [0.2, 0.25) is 0 Å². The smallest absolute Gasteiger partial charge is 0.333 e. The Morgan fingerprint density at radius 2 is 1.95 bits per heavy atom. The number of nitrogens with zero attached hydrogens (tertiary/aromatic N) is 7. The van der Waals surface area contributed by atoms with Crippen LogP contribution in [0.25, 0.3) is 22.6 Å². The van der Waals surface area contributed by atoms with Crippen molar-refractivity contribution in [2.24, 2.45) is 0 Å². The molecule has 2 fully saturated rings. The topological polar surface area (TPSA) is 150 Å². The number of rotatable bonds is 9. The number of aliphatic hydroxyl groups excluding tert-OH is 1. The van der Waals surface area contributed by atoms with Gasteiger partial charge in [0.1, 0.15) is 23.5 Å². The summed E-state index contributed by atoms with van der Waals surface area (Å²) in [6.07, 6.45) is 9.20. The van der Waals surface area contributed by atoms with Gasteiger partial charge in [-0.15, -0.1) is 0 Å². The van der Waals surface area contributed by atoms with Crippen molar-refractivity contribution >= 4 is 21.7 Å². The molecule has 2 atom stereocenters. The highest BCUT2D eigenvalue weighted by atomic mass is 32.2. The summed E-state index contributed by atoms with van der Waals surface area (Å²) in [5, 5.41) is 20.5. The molecule has 2 aliphatic carbocycles. The Kier molecular flexibility index (Phi) is 6.46. The maximum absolute atomic E-state index is 13.1. The van der Waals surface area contributed by atoms with Crippen molar-refractivity contribution in [3.63, 3.8) is 0 Å². The van der Waals surface area contributed by atoms with Gasteiger partial charge in [0.25, 0.3) is 10.0 Å². The molecule has 4 aromatic rings. The lowest BCUT2D eigenvalue weighted by molar-refractivity contribution is 0.0568. The standard InChI is InChI=1S/C24H24F2N8O4S/c25-24(26)33-8-6-19(32-33)18-12-28-22(10-20(18)38-16-2-1-15(35)9-16)30-21-5-7-27-23(31-21)14-11-29-34(13-14)39(36,37)17-3-4-17/h5-8,10-13,15-17,24,35H,1-4,9H2,(H,27,28,30,31). The molecule has 204 valence electrons. The van der Waals surface area contributed by atoms with Crippen molar-refractivity contribution in [2.45, 2.75) is 56.1 Å². The Bertz CT molecular complexity index is 1600. The molecule has 0 saturated heterocycles. The molecule has 0 aromatic carbocycles. The summed E-state index contributed by atoms with van der Waals surface area (Å²) >= 11 is 0. The van der Waals surface area contributed by atoms with Gasteiger partial charge in [0, 0.05) is 31.1 Å². The number of alkyl halides is 2. The normalized spacial score (nSPS) is 19.5. The van der Waals surface area contributed by atoms with E-state index in [4.69, 9.17) is 4.74 Å². The molecule has 0 radical (unpaired) electrons. The number of pyridine rings is 1. The number of aromatic nitrogens is 7. The van der Waals surface area contributed by atoms with Gasteiger partial charge in [0.05, 0.1) is 40.6 Å². The van der Waals surface area contributed by atoms with Crippen LogP contribution in [0.5, 0.6) is 5.75 Å². The van der Waals surface area contributed by atoms with Gasteiger partial charge in [-0.1, -0.05) is 0 Å². The minimum Gasteiger partial charge on any atom is -0.489 e. The monoisotopic (exact) mass is 558 g/mol. The fourth-order valence-electron chi connectivity index (χ4n) is 4.37. The summed E-state index contributed by atoms with van der Waals surface area (Å²) in [7, 11) is -3.51. The highest BCUT2D eigenvalue weighted by Gasteiger charge is 2.37. The predicted molar refractivity (Wildman–Crippen MR) is 135 cm³/mol. The third-order valence-electron chi connectivity index (χ3n) is 6.54. The van der Waals surface area contributed by atoms with Gasteiger partial charge in [-0.05, 0) is 37.8 Å². The average Bonchev–Trinajstić information content (AvgIpc) is 3.27. The summed E-state index contributed by atoms with van der Waals surface area (Å²) in [6.45, 7) is -2.78. The van der Waals surface area contributed by atoms with Crippen LogP contribution in [0.15, 0.2) is 49.2 Å².